The molecule has 1 fully saturated rings. The largest absolute Gasteiger partial charge is 0.327 e. The lowest BCUT2D eigenvalue weighted by Crippen LogP contribution is -2.38. The van der Waals surface area contributed by atoms with Gasteiger partial charge in [0.15, 0.2) is 0 Å². The number of aromatic nitrogens is 2. The van der Waals surface area contributed by atoms with E-state index in [0.29, 0.717) is 12.0 Å². The van der Waals surface area contributed by atoms with Crippen molar-refractivity contribution < 1.29 is 0 Å². The molecule has 3 atom stereocenters. The number of halogens is 1. The minimum absolute atomic E-state index is 0.307. The molecule has 0 bridgehead atoms. The van der Waals surface area contributed by atoms with E-state index < -0.39 is 0 Å². The molecule has 114 valence electrons. The number of nitrogens with two attached hydrogens (primary N) is 1. The van der Waals surface area contributed by atoms with Gasteiger partial charge < -0.3 is 5.73 Å². The Hall–Kier alpha value is -0.540. The van der Waals surface area contributed by atoms with E-state index in [-0.39, 0.29) is 0 Å². The zero-order valence-corrected chi connectivity index (χ0v) is 14.0. The summed E-state index contributed by atoms with van der Waals surface area (Å²) in [6.45, 7) is 9.62. The van der Waals surface area contributed by atoms with Gasteiger partial charge in [-0.15, -0.1) is 0 Å². The molecule has 0 aromatic carbocycles. The first-order valence-corrected chi connectivity index (χ1v) is 8.29. The van der Waals surface area contributed by atoms with E-state index >= 15 is 0 Å². The molecule has 3 nitrogen and oxygen atoms in total. The Morgan fingerprint density at radius 3 is 2.70 bits per heavy atom. The first kappa shape index (κ1) is 15.8. The first-order chi connectivity index (χ1) is 9.43. The quantitative estimate of drug-likeness (QED) is 0.918. The van der Waals surface area contributed by atoms with Crippen molar-refractivity contribution >= 4 is 11.6 Å². The second-order valence-electron chi connectivity index (χ2n) is 6.61. The summed E-state index contributed by atoms with van der Waals surface area (Å²) in [6, 6.07) is 0.307. The Labute approximate surface area is 127 Å². The van der Waals surface area contributed by atoms with E-state index in [1.807, 2.05) is 11.6 Å². The topological polar surface area (TPSA) is 43.8 Å². The van der Waals surface area contributed by atoms with Crippen LogP contribution in [0, 0.1) is 24.7 Å². The fourth-order valence-electron chi connectivity index (χ4n) is 3.48. The summed E-state index contributed by atoms with van der Waals surface area (Å²) in [6.07, 6.45) is 4.61. The monoisotopic (exact) mass is 297 g/mol. The summed E-state index contributed by atoms with van der Waals surface area (Å²) < 4.78 is 2.05. The fraction of sp³-hybridized carbons (Fsp3) is 0.812. The molecule has 2 rings (SSSR count). The van der Waals surface area contributed by atoms with Gasteiger partial charge in [-0.2, -0.15) is 5.10 Å². The van der Waals surface area contributed by atoms with Crippen molar-refractivity contribution in [1.29, 1.82) is 0 Å². The number of nitrogens with zero attached hydrogens (tertiary/aromatic N) is 2. The molecule has 1 aromatic rings. The molecule has 1 saturated carbocycles. The van der Waals surface area contributed by atoms with Gasteiger partial charge in [0.25, 0.3) is 0 Å². The maximum absolute atomic E-state index is 6.43. The maximum atomic E-state index is 6.43. The second-order valence-corrected chi connectivity index (χ2v) is 6.99. The highest BCUT2D eigenvalue weighted by Crippen LogP contribution is 2.36. The zero-order chi connectivity index (χ0) is 14.9. The van der Waals surface area contributed by atoms with Crippen LogP contribution in [0.5, 0.6) is 0 Å². The van der Waals surface area contributed by atoms with Crippen molar-refractivity contribution in [2.45, 2.75) is 66.0 Å². The number of rotatable bonds is 4. The van der Waals surface area contributed by atoms with Crippen LogP contribution in [-0.2, 0) is 13.0 Å². The Morgan fingerprint density at radius 1 is 1.40 bits per heavy atom. The van der Waals surface area contributed by atoms with Gasteiger partial charge in [0.05, 0.1) is 16.4 Å². The molecule has 0 aliphatic heterocycles. The average molecular weight is 298 g/mol. The minimum Gasteiger partial charge on any atom is -0.327 e. The van der Waals surface area contributed by atoms with E-state index in [1.54, 1.807) is 0 Å². The van der Waals surface area contributed by atoms with Crippen LogP contribution in [0.1, 0.15) is 51.4 Å². The van der Waals surface area contributed by atoms with Crippen LogP contribution in [0.3, 0.4) is 0 Å². The summed E-state index contributed by atoms with van der Waals surface area (Å²) >= 11 is 6.43. The Balaban J connectivity index is 2.15. The molecule has 0 amide bonds. The molecule has 1 aliphatic rings. The Morgan fingerprint density at radius 2 is 2.10 bits per heavy atom. The summed E-state index contributed by atoms with van der Waals surface area (Å²) in [7, 11) is 0. The average Bonchev–Trinajstić information content (AvgIpc) is 2.68. The fourth-order valence-corrected chi connectivity index (χ4v) is 3.69. The summed E-state index contributed by atoms with van der Waals surface area (Å²) in [5.74, 6) is 2.09. The second kappa shape index (κ2) is 6.48. The highest BCUT2D eigenvalue weighted by Gasteiger charge is 2.31. The number of hydrogen-bond acceptors (Lipinski definition) is 2. The van der Waals surface area contributed by atoms with Gasteiger partial charge in [-0.05, 0) is 57.3 Å². The van der Waals surface area contributed by atoms with Gasteiger partial charge in [0, 0.05) is 12.6 Å². The van der Waals surface area contributed by atoms with E-state index in [2.05, 4.69) is 25.9 Å². The lowest BCUT2D eigenvalue weighted by Gasteiger charge is -2.36. The van der Waals surface area contributed by atoms with Crippen LogP contribution in [0.4, 0.5) is 0 Å². The molecule has 1 heterocycles. The molecular weight excluding hydrogens is 270 g/mol. The van der Waals surface area contributed by atoms with E-state index in [9.17, 15) is 0 Å². The third-order valence-corrected chi connectivity index (χ3v) is 5.42. The van der Waals surface area contributed by atoms with Crippen molar-refractivity contribution in [2.24, 2.45) is 23.5 Å². The van der Waals surface area contributed by atoms with Crippen LogP contribution in [0.25, 0.3) is 0 Å². The van der Waals surface area contributed by atoms with Crippen LogP contribution >= 0.6 is 11.6 Å². The van der Waals surface area contributed by atoms with Gasteiger partial charge in [-0.25, -0.2) is 0 Å². The van der Waals surface area contributed by atoms with Gasteiger partial charge in [-0.1, -0.05) is 25.4 Å². The predicted octanol–water partition coefficient (Wildman–Crippen LogP) is 3.81. The smallest absolute Gasteiger partial charge is 0.0847 e. The standard InChI is InChI=1S/C16H28ClN3/c1-5-20-15(16(17)11(4)19-20)9-13-8-12(10(2)3)6-7-14(13)18/h10,12-14H,5-9,18H2,1-4H3. The van der Waals surface area contributed by atoms with E-state index in [0.717, 1.165) is 41.9 Å². The summed E-state index contributed by atoms with van der Waals surface area (Å²) in [5.41, 5.74) is 8.48. The number of hydrogen-bond donors (Lipinski definition) is 1. The first-order valence-electron chi connectivity index (χ1n) is 7.91. The molecule has 4 heteroatoms. The van der Waals surface area contributed by atoms with Gasteiger partial charge >= 0.3 is 0 Å². The zero-order valence-electron chi connectivity index (χ0n) is 13.2. The van der Waals surface area contributed by atoms with Crippen LogP contribution < -0.4 is 5.73 Å². The molecule has 20 heavy (non-hydrogen) atoms. The van der Waals surface area contributed by atoms with Crippen LogP contribution in [0.15, 0.2) is 0 Å². The maximum Gasteiger partial charge on any atom is 0.0847 e. The molecule has 3 unspecified atom stereocenters. The molecular formula is C16H28ClN3. The molecule has 0 saturated heterocycles. The minimum atomic E-state index is 0.307. The van der Waals surface area contributed by atoms with Crippen molar-refractivity contribution in [3.8, 4) is 0 Å². The molecule has 1 aliphatic carbocycles. The van der Waals surface area contributed by atoms with Crippen molar-refractivity contribution in [3.63, 3.8) is 0 Å². The molecule has 0 radical (unpaired) electrons. The lowest BCUT2D eigenvalue weighted by molar-refractivity contribution is 0.187. The number of aryl methyl sites for hydroxylation is 2. The normalized spacial score (nSPS) is 27.2. The lowest BCUT2D eigenvalue weighted by atomic mass is 9.72. The Kier molecular flexibility index (Phi) is 5.14. The molecule has 0 spiro atoms. The van der Waals surface area contributed by atoms with Gasteiger partial charge in [0.2, 0.25) is 0 Å². The third-order valence-electron chi connectivity index (χ3n) is 4.93. The van der Waals surface area contributed by atoms with Crippen LogP contribution in [-0.4, -0.2) is 15.8 Å². The van der Waals surface area contributed by atoms with Crippen molar-refractivity contribution in [1.82, 2.24) is 9.78 Å². The molecule has 2 N–H and O–H groups in total. The van der Waals surface area contributed by atoms with Crippen molar-refractivity contribution in [3.05, 3.63) is 16.4 Å². The molecule has 1 aromatic heterocycles. The van der Waals surface area contributed by atoms with Gasteiger partial charge in [0.1, 0.15) is 0 Å². The Bertz CT molecular complexity index is 453. The SMILES string of the molecule is CCn1nc(C)c(Cl)c1CC1CC(C(C)C)CCC1N. The summed E-state index contributed by atoms with van der Waals surface area (Å²) in [4.78, 5) is 0. The third kappa shape index (κ3) is 3.20. The van der Waals surface area contributed by atoms with Gasteiger partial charge in [-0.3, -0.25) is 4.68 Å². The van der Waals surface area contributed by atoms with Crippen molar-refractivity contribution in [2.75, 3.05) is 0 Å². The highest BCUT2D eigenvalue weighted by molar-refractivity contribution is 6.31. The van der Waals surface area contributed by atoms with E-state index in [1.165, 1.54) is 18.5 Å². The van der Waals surface area contributed by atoms with Crippen LogP contribution in [0.2, 0.25) is 5.02 Å². The van der Waals surface area contributed by atoms with E-state index in [4.69, 9.17) is 17.3 Å². The highest BCUT2D eigenvalue weighted by atomic mass is 35.5. The summed E-state index contributed by atoms with van der Waals surface area (Å²) in [5, 5.41) is 5.36. The predicted molar refractivity (Wildman–Crippen MR) is 85.0 cm³/mol.